The zero-order valence-electron chi connectivity index (χ0n) is 15.3. The van der Waals surface area contributed by atoms with Crippen LogP contribution in [0.1, 0.15) is 36.9 Å². The summed E-state index contributed by atoms with van der Waals surface area (Å²) in [5, 5.41) is 7.34. The molecule has 1 saturated carbocycles. The largest absolute Gasteiger partial charge is 0.473 e. The van der Waals surface area contributed by atoms with E-state index in [2.05, 4.69) is 10.4 Å². The lowest BCUT2D eigenvalue weighted by Gasteiger charge is -2.31. The topological polar surface area (TPSA) is 39.1 Å². The van der Waals surface area contributed by atoms with Crippen LogP contribution < -0.4 is 10.1 Å². The summed E-state index contributed by atoms with van der Waals surface area (Å²) in [4.78, 5) is 0. The first-order chi connectivity index (χ1) is 12.4. The number of hydrogen-bond donors (Lipinski definition) is 1. The maximum absolute atomic E-state index is 13.7. The minimum absolute atomic E-state index is 0. The molecule has 1 heterocycles. The molecule has 0 radical (unpaired) electrons. The molecule has 4 nitrogen and oxygen atoms in total. The molecule has 1 aromatic heterocycles. The first kappa shape index (κ1) is 21.6. The molecule has 3 rings (SSSR count). The molecular formula is C19H25ClF3N3O. The molecule has 0 aliphatic heterocycles. The highest BCUT2D eigenvalue weighted by Gasteiger charge is 2.56. The number of hydrogen-bond acceptors (Lipinski definition) is 3. The second kappa shape index (κ2) is 8.97. The van der Waals surface area contributed by atoms with Gasteiger partial charge >= 0.3 is 6.18 Å². The highest BCUT2D eigenvalue weighted by molar-refractivity contribution is 5.85. The van der Waals surface area contributed by atoms with Gasteiger partial charge in [0.05, 0.1) is 17.7 Å². The maximum Gasteiger partial charge on any atom is 0.396 e. The molecule has 1 aliphatic carbocycles. The molecule has 27 heavy (non-hydrogen) atoms. The summed E-state index contributed by atoms with van der Waals surface area (Å²) in [7, 11) is 1.78. The third-order valence-corrected chi connectivity index (χ3v) is 5.00. The van der Waals surface area contributed by atoms with E-state index in [1.54, 1.807) is 13.1 Å². The summed E-state index contributed by atoms with van der Waals surface area (Å²) in [5.41, 5.74) is -0.0754. The van der Waals surface area contributed by atoms with E-state index in [4.69, 9.17) is 4.74 Å². The molecule has 8 heteroatoms. The molecule has 150 valence electrons. The van der Waals surface area contributed by atoms with Crippen LogP contribution in [0.3, 0.4) is 0 Å². The molecular weight excluding hydrogens is 379 g/mol. The van der Waals surface area contributed by atoms with Crippen molar-refractivity contribution in [1.82, 2.24) is 15.1 Å². The third kappa shape index (κ3) is 4.96. The second-order valence-electron chi connectivity index (χ2n) is 6.92. The zero-order chi connectivity index (χ0) is 18.6. The Labute approximate surface area is 163 Å². The van der Waals surface area contributed by atoms with Gasteiger partial charge in [0.2, 0.25) is 5.88 Å². The number of rotatable bonds is 7. The van der Waals surface area contributed by atoms with Gasteiger partial charge in [-0.1, -0.05) is 43.2 Å². The van der Waals surface area contributed by atoms with Crippen molar-refractivity contribution in [3.05, 3.63) is 47.7 Å². The van der Waals surface area contributed by atoms with E-state index >= 15 is 0 Å². The Morgan fingerprint density at radius 2 is 1.85 bits per heavy atom. The fourth-order valence-electron chi connectivity index (χ4n) is 3.55. The molecule has 0 bridgehead atoms. The lowest BCUT2D eigenvalue weighted by atomic mass is 9.85. The van der Waals surface area contributed by atoms with Crippen molar-refractivity contribution in [1.29, 1.82) is 0 Å². The SMILES string of the molecule is CNCc1cc(OCc2ccccc2)n(CC2(C(F)(F)F)CCCC2)n1.Cl. The summed E-state index contributed by atoms with van der Waals surface area (Å²) >= 11 is 0. The smallest absolute Gasteiger partial charge is 0.396 e. The van der Waals surface area contributed by atoms with Crippen LogP contribution in [-0.2, 0) is 19.7 Å². The Morgan fingerprint density at radius 3 is 2.44 bits per heavy atom. The van der Waals surface area contributed by atoms with Crippen LogP contribution in [0.25, 0.3) is 0 Å². The second-order valence-corrected chi connectivity index (χ2v) is 6.92. The highest BCUT2D eigenvalue weighted by atomic mass is 35.5. The molecule has 2 aromatic rings. The first-order valence-electron chi connectivity index (χ1n) is 8.88. The number of aromatic nitrogens is 2. The number of benzene rings is 1. The predicted molar refractivity (Wildman–Crippen MR) is 100.0 cm³/mol. The van der Waals surface area contributed by atoms with Gasteiger partial charge in [-0.05, 0) is 25.5 Å². The minimum atomic E-state index is -4.24. The predicted octanol–water partition coefficient (Wildman–Crippen LogP) is 4.73. The van der Waals surface area contributed by atoms with Gasteiger partial charge in [0.1, 0.15) is 6.61 Å². The number of nitrogens with zero attached hydrogens (tertiary/aromatic N) is 2. The standard InChI is InChI=1S/C19H24F3N3O.ClH/c1-23-12-16-11-17(26-13-15-7-3-2-4-8-15)25(24-16)14-18(19(20,21)22)9-5-6-10-18;/h2-4,7-8,11,23H,5-6,9-10,12-14H2,1H3;1H. The van der Waals surface area contributed by atoms with Crippen LogP contribution in [0.15, 0.2) is 36.4 Å². The summed E-state index contributed by atoms with van der Waals surface area (Å²) in [6, 6.07) is 11.3. The molecule has 0 atom stereocenters. The van der Waals surface area contributed by atoms with Crippen molar-refractivity contribution in [2.75, 3.05) is 7.05 Å². The van der Waals surface area contributed by atoms with Gasteiger partial charge in [0, 0.05) is 12.6 Å². The number of nitrogens with one attached hydrogen (secondary N) is 1. The van der Waals surface area contributed by atoms with Gasteiger partial charge in [-0.15, -0.1) is 12.4 Å². The van der Waals surface area contributed by atoms with E-state index in [0.717, 1.165) is 5.56 Å². The average molecular weight is 404 g/mol. The van der Waals surface area contributed by atoms with E-state index in [-0.39, 0.29) is 31.8 Å². The molecule has 0 saturated heterocycles. The number of halogens is 4. The minimum Gasteiger partial charge on any atom is -0.473 e. The Hall–Kier alpha value is -1.73. The van der Waals surface area contributed by atoms with E-state index in [0.29, 0.717) is 37.6 Å². The van der Waals surface area contributed by atoms with Gasteiger partial charge in [-0.2, -0.15) is 18.3 Å². The van der Waals surface area contributed by atoms with Gasteiger partial charge in [0.25, 0.3) is 0 Å². The van der Waals surface area contributed by atoms with Crippen LogP contribution in [0.4, 0.5) is 13.2 Å². The van der Waals surface area contributed by atoms with Gasteiger partial charge in [0.15, 0.2) is 0 Å². The lowest BCUT2D eigenvalue weighted by molar-refractivity contribution is -0.228. The Bertz CT molecular complexity index is 713. The van der Waals surface area contributed by atoms with Crippen LogP contribution in [0, 0.1) is 5.41 Å². The molecule has 1 aliphatic rings. The van der Waals surface area contributed by atoms with Crippen molar-refractivity contribution in [3.8, 4) is 5.88 Å². The molecule has 0 unspecified atom stereocenters. The summed E-state index contributed by atoms with van der Waals surface area (Å²) in [5.74, 6) is 0.384. The van der Waals surface area contributed by atoms with E-state index in [9.17, 15) is 13.2 Å². The number of ether oxygens (including phenoxy) is 1. The van der Waals surface area contributed by atoms with Crippen LogP contribution in [0.2, 0.25) is 0 Å². The van der Waals surface area contributed by atoms with Crippen molar-refractivity contribution in [2.45, 2.75) is 51.6 Å². The molecule has 1 aromatic carbocycles. The Kier molecular flexibility index (Phi) is 7.17. The van der Waals surface area contributed by atoms with E-state index < -0.39 is 11.6 Å². The summed E-state index contributed by atoms with van der Waals surface area (Å²) in [6.45, 7) is 0.586. The molecule has 0 amide bonds. The number of alkyl halides is 3. The van der Waals surface area contributed by atoms with Gasteiger partial charge < -0.3 is 10.1 Å². The fraction of sp³-hybridized carbons (Fsp3) is 0.526. The quantitative estimate of drug-likeness (QED) is 0.726. The van der Waals surface area contributed by atoms with Crippen molar-refractivity contribution < 1.29 is 17.9 Å². The summed E-state index contributed by atoms with van der Waals surface area (Å²) < 4.78 is 48.5. The van der Waals surface area contributed by atoms with Gasteiger partial charge in [-0.3, -0.25) is 0 Å². The van der Waals surface area contributed by atoms with Crippen LogP contribution in [-0.4, -0.2) is 23.0 Å². The zero-order valence-corrected chi connectivity index (χ0v) is 16.1. The monoisotopic (exact) mass is 403 g/mol. The third-order valence-electron chi connectivity index (χ3n) is 5.00. The van der Waals surface area contributed by atoms with Crippen molar-refractivity contribution in [2.24, 2.45) is 5.41 Å². The lowest BCUT2D eigenvalue weighted by Crippen LogP contribution is -2.39. The van der Waals surface area contributed by atoms with Crippen LogP contribution >= 0.6 is 12.4 Å². The Morgan fingerprint density at radius 1 is 1.19 bits per heavy atom. The molecule has 1 fully saturated rings. The molecule has 0 spiro atoms. The van der Waals surface area contributed by atoms with E-state index in [1.165, 1.54) is 4.68 Å². The van der Waals surface area contributed by atoms with Crippen molar-refractivity contribution >= 4 is 12.4 Å². The van der Waals surface area contributed by atoms with Crippen LogP contribution in [0.5, 0.6) is 5.88 Å². The normalized spacial score (nSPS) is 16.1. The maximum atomic E-state index is 13.7. The summed E-state index contributed by atoms with van der Waals surface area (Å²) in [6.07, 6.45) is -2.74. The highest BCUT2D eigenvalue weighted by Crippen LogP contribution is 2.51. The van der Waals surface area contributed by atoms with E-state index in [1.807, 2.05) is 30.3 Å². The fourth-order valence-corrected chi connectivity index (χ4v) is 3.55. The van der Waals surface area contributed by atoms with Crippen molar-refractivity contribution in [3.63, 3.8) is 0 Å². The average Bonchev–Trinajstić information content (AvgIpc) is 3.22. The first-order valence-corrected chi connectivity index (χ1v) is 8.88. The van der Waals surface area contributed by atoms with Gasteiger partial charge in [-0.25, -0.2) is 4.68 Å². The molecule has 1 N–H and O–H groups in total. The Balaban J connectivity index is 0.00000261.